The summed E-state index contributed by atoms with van der Waals surface area (Å²) in [5, 5.41) is 3.32. The maximum absolute atomic E-state index is 13.8. The number of piperidine rings is 1. The van der Waals surface area contributed by atoms with Gasteiger partial charge in [-0.1, -0.05) is 23.7 Å². The number of halogens is 2. The topological polar surface area (TPSA) is 38.3 Å². The number of fused-ring (bicyclic) bond motifs is 2. The molecule has 0 spiro atoms. The van der Waals surface area contributed by atoms with Gasteiger partial charge in [0.05, 0.1) is 31.9 Å². The highest BCUT2D eigenvalue weighted by molar-refractivity contribution is 6.30. The summed E-state index contributed by atoms with van der Waals surface area (Å²) in [5.41, 5.74) is 1.88. The molecule has 0 radical (unpaired) electrons. The van der Waals surface area contributed by atoms with Gasteiger partial charge in [0, 0.05) is 36.3 Å². The van der Waals surface area contributed by atoms with Crippen molar-refractivity contribution < 1.29 is 18.4 Å². The number of amides is 1. The molecule has 2 heterocycles. The predicted molar refractivity (Wildman–Crippen MR) is 109 cm³/mol. The molecular formula is C22H25ClFN2O2+. The number of ether oxygens (including phenoxy) is 1. The molecule has 0 saturated carbocycles. The lowest BCUT2D eigenvalue weighted by atomic mass is 9.98. The lowest BCUT2D eigenvalue weighted by molar-refractivity contribution is -0.931. The van der Waals surface area contributed by atoms with Crippen molar-refractivity contribution in [3.8, 4) is 11.1 Å². The van der Waals surface area contributed by atoms with Crippen molar-refractivity contribution in [1.82, 2.24) is 0 Å². The van der Waals surface area contributed by atoms with Gasteiger partial charge in [0.15, 0.2) is 0 Å². The molecule has 3 atom stereocenters. The monoisotopic (exact) mass is 403 g/mol. The van der Waals surface area contributed by atoms with E-state index < -0.39 is 11.9 Å². The molecule has 2 bridgehead atoms. The Morgan fingerprint density at radius 1 is 1.14 bits per heavy atom. The van der Waals surface area contributed by atoms with E-state index in [-0.39, 0.29) is 6.10 Å². The Morgan fingerprint density at radius 3 is 2.54 bits per heavy atom. The largest absolute Gasteiger partial charge is 0.445 e. The second kappa shape index (κ2) is 7.37. The molecule has 2 fully saturated rings. The zero-order valence-corrected chi connectivity index (χ0v) is 16.9. The number of hydrogen-bond donors (Lipinski definition) is 1. The number of hydrogen-bond acceptors (Lipinski definition) is 2. The number of carbonyl (C=O) groups is 1. The molecule has 6 heteroatoms. The van der Waals surface area contributed by atoms with Gasteiger partial charge in [0.2, 0.25) is 0 Å². The van der Waals surface area contributed by atoms with Crippen LogP contribution in [0, 0.1) is 5.82 Å². The molecule has 0 aliphatic carbocycles. The van der Waals surface area contributed by atoms with Crippen LogP contribution in [0.2, 0.25) is 5.02 Å². The SMILES string of the molecule is C[N+]1(C)[C@@H]2CC[C@H]1CC(OC(=O)Nc1cc(F)ccc1-c1cccc(Cl)c1)C2. The van der Waals surface area contributed by atoms with E-state index in [2.05, 4.69) is 19.4 Å². The minimum atomic E-state index is -0.537. The molecule has 4 nitrogen and oxygen atoms in total. The van der Waals surface area contributed by atoms with Crippen LogP contribution in [0.4, 0.5) is 14.9 Å². The maximum atomic E-state index is 13.8. The number of nitrogens with zero attached hydrogens (tertiary/aromatic N) is 1. The van der Waals surface area contributed by atoms with E-state index in [0.29, 0.717) is 28.4 Å². The quantitative estimate of drug-likeness (QED) is 0.690. The summed E-state index contributed by atoms with van der Waals surface area (Å²) in [6.07, 6.45) is 3.49. The van der Waals surface area contributed by atoms with E-state index >= 15 is 0 Å². The zero-order valence-electron chi connectivity index (χ0n) is 16.1. The number of carbonyl (C=O) groups excluding carboxylic acids is 1. The highest BCUT2D eigenvalue weighted by Gasteiger charge is 2.49. The van der Waals surface area contributed by atoms with Gasteiger partial charge in [-0.05, 0) is 35.9 Å². The first-order chi connectivity index (χ1) is 13.3. The average Bonchev–Trinajstić information content (AvgIpc) is 2.80. The van der Waals surface area contributed by atoms with Gasteiger partial charge < -0.3 is 9.22 Å². The van der Waals surface area contributed by atoms with Crippen LogP contribution in [-0.4, -0.2) is 42.9 Å². The summed E-state index contributed by atoms with van der Waals surface area (Å²) in [5.74, 6) is -0.421. The third-order valence-electron chi connectivity index (χ3n) is 6.41. The van der Waals surface area contributed by atoms with Gasteiger partial charge in [0.1, 0.15) is 11.9 Å². The number of quaternary nitrogens is 1. The molecule has 28 heavy (non-hydrogen) atoms. The van der Waals surface area contributed by atoms with Crippen LogP contribution in [-0.2, 0) is 4.74 Å². The highest BCUT2D eigenvalue weighted by Crippen LogP contribution is 2.40. The van der Waals surface area contributed by atoms with Gasteiger partial charge in [-0.25, -0.2) is 9.18 Å². The number of nitrogens with one attached hydrogen (secondary N) is 1. The number of rotatable bonds is 3. The van der Waals surface area contributed by atoms with Gasteiger partial charge >= 0.3 is 6.09 Å². The summed E-state index contributed by atoms with van der Waals surface area (Å²) < 4.78 is 20.6. The summed E-state index contributed by atoms with van der Waals surface area (Å²) in [7, 11) is 4.53. The summed E-state index contributed by atoms with van der Waals surface area (Å²) in [6, 6.07) is 12.6. The van der Waals surface area contributed by atoms with E-state index in [1.807, 2.05) is 12.1 Å². The van der Waals surface area contributed by atoms with Crippen LogP contribution >= 0.6 is 11.6 Å². The second-order valence-corrected chi connectivity index (χ2v) is 8.77. The molecule has 2 aromatic rings. The van der Waals surface area contributed by atoms with Crippen LogP contribution in [0.15, 0.2) is 42.5 Å². The molecule has 1 amide bonds. The van der Waals surface area contributed by atoms with E-state index in [4.69, 9.17) is 16.3 Å². The Labute approximate surface area is 169 Å². The summed E-state index contributed by atoms with van der Waals surface area (Å²) in [4.78, 5) is 12.6. The minimum absolute atomic E-state index is 0.0909. The first-order valence-corrected chi connectivity index (χ1v) is 10.1. The lowest BCUT2D eigenvalue weighted by Gasteiger charge is -2.43. The van der Waals surface area contributed by atoms with E-state index in [1.165, 1.54) is 25.0 Å². The van der Waals surface area contributed by atoms with Crippen molar-refractivity contribution in [3.05, 3.63) is 53.3 Å². The molecule has 2 aliphatic heterocycles. The molecule has 2 saturated heterocycles. The average molecular weight is 404 g/mol. The molecular weight excluding hydrogens is 379 g/mol. The number of anilines is 1. The van der Waals surface area contributed by atoms with E-state index in [0.717, 1.165) is 22.9 Å². The molecule has 0 aromatic heterocycles. The van der Waals surface area contributed by atoms with Crippen molar-refractivity contribution >= 4 is 23.4 Å². The fourth-order valence-corrected chi connectivity index (χ4v) is 4.94. The Kier molecular flexibility index (Phi) is 5.06. The Morgan fingerprint density at radius 2 is 1.86 bits per heavy atom. The molecule has 4 rings (SSSR count). The standard InChI is InChI=1S/C22H24ClFN2O2/c1-26(2)17-7-8-18(26)13-19(12-17)28-22(27)25-21-11-16(24)6-9-20(21)14-4-3-5-15(23)10-14/h3-6,9-11,17-19H,7-8,12-13H2,1-2H3/p+1/t17-,18+,19?. The van der Waals surface area contributed by atoms with E-state index in [9.17, 15) is 9.18 Å². The molecule has 1 N–H and O–H groups in total. The molecule has 2 aliphatic rings. The minimum Gasteiger partial charge on any atom is -0.445 e. The lowest BCUT2D eigenvalue weighted by Crippen LogP contribution is -2.56. The zero-order chi connectivity index (χ0) is 19.9. The van der Waals surface area contributed by atoms with Crippen LogP contribution in [0.5, 0.6) is 0 Å². The normalized spacial score (nSPS) is 25.4. The Balaban J connectivity index is 1.49. The van der Waals surface area contributed by atoms with Gasteiger partial charge in [0.25, 0.3) is 0 Å². The predicted octanol–water partition coefficient (Wildman–Crippen LogP) is 5.46. The van der Waals surface area contributed by atoms with Crippen molar-refractivity contribution in [3.63, 3.8) is 0 Å². The first-order valence-electron chi connectivity index (χ1n) is 9.69. The number of benzene rings is 2. The van der Waals surface area contributed by atoms with Crippen LogP contribution in [0.1, 0.15) is 25.7 Å². The highest BCUT2D eigenvalue weighted by atomic mass is 35.5. The van der Waals surface area contributed by atoms with Crippen LogP contribution in [0.3, 0.4) is 0 Å². The van der Waals surface area contributed by atoms with Crippen molar-refractivity contribution in [2.24, 2.45) is 0 Å². The summed E-state index contributed by atoms with van der Waals surface area (Å²) >= 11 is 6.08. The van der Waals surface area contributed by atoms with Crippen molar-refractivity contribution in [2.75, 3.05) is 19.4 Å². The molecule has 148 valence electrons. The van der Waals surface area contributed by atoms with Gasteiger partial charge in [-0.15, -0.1) is 0 Å². The maximum Gasteiger partial charge on any atom is 0.411 e. The fourth-order valence-electron chi connectivity index (χ4n) is 4.75. The second-order valence-electron chi connectivity index (χ2n) is 8.34. The third-order valence-corrected chi connectivity index (χ3v) is 6.65. The fraction of sp³-hybridized carbons (Fsp3) is 0.409. The van der Waals surface area contributed by atoms with Crippen molar-refractivity contribution in [1.29, 1.82) is 0 Å². The van der Waals surface area contributed by atoms with E-state index in [1.54, 1.807) is 18.2 Å². The van der Waals surface area contributed by atoms with Crippen molar-refractivity contribution in [2.45, 2.75) is 43.9 Å². The van der Waals surface area contributed by atoms with Crippen LogP contribution in [0.25, 0.3) is 11.1 Å². The smallest absolute Gasteiger partial charge is 0.411 e. The Bertz CT molecular complexity index is 886. The Hall–Kier alpha value is -2.11. The van der Waals surface area contributed by atoms with Gasteiger partial charge in [-0.3, -0.25) is 5.32 Å². The molecule has 1 unspecified atom stereocenters. The summed E-state index contributed by atoms with van der Waals surface area (Å²) in [6.45, 7) is 0. The first kappa shape index (κ1) is 19.2. The molecule has 2 aromatic carbocycles. The third kappa shape index (κ3) is 3.74. The van der Waals surface area contributed by atoms with Crippen LogP contribution < -0.4 is 5.32 Å². The van der Waals surface area contributed by atoms with Gasteiger partial charge in [-0.2, -0.15) is 0 Å².